The average Bonchev–Trinajstić information content (AvgIpc) is 3.45. The average molecular weight is 443 g/mol. The van der Waals surface area contributed by atoms with Gasteiger partial charge in [0.25, 0.3) is 5.91 Å². The molecule has 8 nitrogen and oxygen atoms in total. The van der Waals surface area contributed by atoms with E-state index in [-0.39, 0.29) is 29.1 Å². The van der Waals surface area contributed by atoms with Crippen molar-refractivity contribution in [2.75, 3.05) is 16.8 Å². The number of carbonyl (C=O) groups excluding carboxylic acids is 1. The highest BCUT2D eigenvalue weighted by atomic mass is 32.2. The Bertz CT molecular complexity index is 1350. The lowest BCUT2D eigenvalue weighted by molar-refractivity contribution is 0.102. The lowest BCUT2D eigenvalue weighted by atomic mass is 10.2. The van der Waals surface area contributed by atoms with Crippen molar-refractivity contribution in [3.63, 3.8) is 0 Å². The highest BCUT2D eigenvalue weighted by Gasteiger charge is 2.32. The van der Waals surface area contributed by atoms with Crippen LogP contribution in [0.25, 0.3) is 21.7 Å². The molecule has 1 amide bonds. The minimum atomic E-state index is -3.11. The largest absolute Gasteiger partial charge is 0.463 e. The molecule has 4 heterocycles. The molecular formula is C20H18N4O4S2. The van der Waals surface area contributed by atoms with Crippen LogP contribution in [0.2, 0.25) is 0 Å². The number of benzene rings is 1. The number of aryl methyl sites for hydroxylation is 1. The van der Waals surface area contributed by atoms with Gasteiger partial charge in [-0.15, -0.1) is 11.3 Å². The summed E-state index contributed by atoms with van der Waals surface area (Å²) in [5, 5.41) is 8.26. The first kappa shape index (κ1) is 19.0. The third kappa shape index (κ3) is 3.52. The molecule has 0 saturated carbocycles. The molecule has 0 spiro atoms. The van der Waals surface area contributed by atoms with Gasteiger partial charge in [0.05, 0.1) is 39.0 Å². The zero-order valence-electron chi connectivity index (χ0n) is 16.0. The van der Waals surface area contributed by atoms with Gasteiger partial charge in [-0.3, -0.25) is 9.48 Å². The molecule has 1 aliphatic rings. The summed E-state index contributed by atoms with van der Waals surface area (Å²) in [5.41, 5.74) is 2.22. The molecule has 5 rings (SSSR count). The van der Waals surface area contributed by atoms with E-state index < -0.39 is 9.84 Å². The predicted octanol–water partition coefficient (Wildman–Crippen LogP) is 3.67. The Labute approximate surface area is 176 Å². The van der Waals surface area contributed by atoms with Gasteiger partial charge < -0.3 is 9.73 Å². The zero-order chi connectivity index (χ0) is 20.9. The second-order valence-electron chi connectivity index (χ2n) is 7.26. The molecule has 4 aromatic rings. The van der Waals surface area contributed by atoms with Gasteiger partial charge in [-0.2, -0.15) is 5.10 Å². The Morgan fingerprint density at radius 2 is 2.17 bits per heavy atom. The van der Waals surface area contributed by atoms with E-state index in [1.165, 1.54) is 6.26 Å². The maximum atomic E-state index is 12.9. The summed E-state index contributed by atoms with van der Waals surface area (Å²) in [4.78, 5) is 17.3. The molecule has 0 bridgehead atoms. The normalized spacial score (nSPS) is 18.1. The summed E-state index contributed by atoms with van der Waals surface area (Å²) in [6, 6.07) is 10.4. The molecular weight excluding hydrogens is 424 g/mol. The first-order chi connectivity index (χ1) is 14.4. The summed E-state index contributed by atoms with van der Waals surface area (Å²) < 4.78 is 32.0. The number of fused-ring (bicyclic) bond motifs is 1. The van der Waals surface area contributed by atoms with E-state index >= 15 is 0 Å². The van der Waals surface area contributed by atoms with Crippen molar-refractivity contribution in [1.82, 2.24) is 14.8 Å². The number of carbonyl (C=O) groups is 1. The fourth-order valence-electron chi connectivity index (χ4n) is 3.68. The van der Waals surface area contributed by atoms with Crippen molar-refractivity contribution in [2.24, 2.45) is 0 Å². The van der Waals surface area contributed by atoms with Crippen molar-refractivity contribution >= 4 is 43.0 Å². The van der Waals surface area contributed by atoms with E-state index in [1.807, 2.05) is 25.1 Å². The first-order valence-corrected chi connectivity index (χ1v) is 12.0. The van der Waals surface area contributed by atoms with E-state index in [2.05, 4.69) is 15.4 Å². The van der Waals surface area contributed by atoms with Crippen LogP contribution in [0.5, 0.6) is 0 Å². The molecule has 154 valence electrons. The number of thiazole rings is 1. The number of hydrogen-bond acceptors (Lipinski definition) is 7. The Morgan fingerprint density at radius 1 is 1.30 bits per heavy atom. The van der Waals surface area contributed by atoms with E-state index in [4.69, 9.17) is 4.42 Å². The molecule has 1 aliphatic heterocycles. The number of nitrogens with zero attached hydrogens (tertiary/aromatic N) is 3. The van der Waals surface area contributed by atoms with Crippen LogP contribution in [-0.2, 0) is 9.84 Å². The quantitative estimate of drug-likeness (QED) is 0.517. The molecule has 1 N–H and O–H groups in total. The maximum Gasteiger partial charge on any atom is 0.276 e. The summed E-state index contributed by atoms with van der Waals surface area (Å²) in [7, 11) is -3.11. The minimum absolute atomic E-state index is 0.00327. The van der Waals surface area contributed by atoms with Crippen LogP contribution in [0.3, 0.4) is 0 Å². The fourth-order valence-corrected chi connectivity index (χ4v) is 6.18. The smallest absolute Gasteiger partial charge is 0.276 e. The number of amides is 1. The van der Waals surface area contributed by atoms with Crippen molar-refractivity contribution in [2.45, 2.75) is 19.4 Å². The standard InChI is InChI=1S/C20H18N4O4S2/c1-12-21-15-9-13(4-5-19(15)29-12)22-20(25)16-10-17(18-3-2-7-28-18)24(23-16)14-6-8-30(26,27)11-14/h2-5,7,9-10,14H,6,8,11H2,1H3,(H,22,25). The van der Waals surface area contributed by atoms with Crippen LogP contribution in [-0.4, -0.2) is 40.6 Å². The van der Waals surface area contributed by atoms with E-state index in [0.29, 0.717) is 23.6 Å². The number of nitrogens with one attached hydrogen (secondary N) is 1. The lowest BCUT2D eigenvalue weighted by Gasteiger charge is -2.11. The number of aromatic nitrogens is 3. The van der Waals surface area contributed by atoms with Crippen molar-refractivity contribution in [3.8, 4) is 11.5 Å². The lowest BCUT2D eigenvalue weighted by Crippen LogP contribution is -2.16. The first-order valence-electron chi connectivity index (χ1n) is 9.40. The number of anilines is 1. The third-order valence-electron chi connectivity index (χ3n) is 5.05. The Balaban J connectivity index is 1.47. The third-order valence-corrected chi connectivity index (χ3v) is 7.75. The second-order valence-corrected chi connectivity index (χ2v) is 10.7. The van der Waals surface area contributed by atoms with Crippen LogP contribution in [0, 0.1) is 6.92 Å². The van der Waals surface area contributed by atoms with E-state index in [9.17, 15) is 13.2 Å². The molecule has 1 saturated heterocycles. The van der Waals surface area contributed by atoms with Crippen molar-refractivity contribution < 1.29 is 17.6 Å². The highest BCUT2D eigenvalue weighted by Crippen LogP contribution is 2.31. The zero-order valence-corrected chi connectivity index (χ0v) is 17.7. The Morgan fingerprint density at radius 3 is 2.90 bits per heavy atom. The predicted molar refractivity (Wildman–Crippen MR) is 115 cm³/mol. The fraction of sp³-hybridized carbons (Fsp3) is 0.250. The van der Waals surface area contributed by atoms with Crippen LogP contribution in [0.1, 0.15) is 28.0 Å². The number of sulfone groups is 1. The monoisotopic (exact) mass is 442 g/mol. The van der Waals surface area contributed by atoms with Gasteiger partial charge in [0.15, 0.2) is 21.3 Å². The van der Waals surface area contributed by atoms with Gasteiger partial charge in [-0.05, 0) is 43.7 Å². The molecule has 0 radical (unpaired) electrons. The van der Waals surface area contributed by atoms with Gasteiger partial charge >= 0.3 is 0 Å². The second kappa shape index (κ2) is 7.06. The van der Waals surface area contributed by atoms with Crippen molar-refractivity contribution in [3.05, 3.63) is 53.4 Å². The molecule has 0 aliphatic carbocycles. The molecule has 10 heteroatoms. The van der Waals surface area contributed by atoms with Gasteiger partial charge in [-0.1, -0.05) is 0 Å². The molecule has 1 fully saturated rings. The summed E-state index contributed by atoms with van der Waals surface area (Å²) in [6.45, 7) is 1.94. The highest BCUT2D eigenvalue weighted by molar-refractivity contribution is 7.91. The Kier molecular flexibility index (Phi) is 4.48. The molecule has 1 aromatic carbocycles. The van der Waals surface area contributed by atoms with Crippen LogP contribution < -0.4 is 5.32 Å². The summed E-state index contributed by atoms with van der Waals surface area (Å²) >= 11 is 1.59. The number of rotatable bonds is 4. The molecule has 3 aromatic heterocycles. The van der Waals surface area contributed by atoms with Crippen molar-refractivity contribution in [1.29, 1.82) is 0 Å². The van der Waals surface area contributed by atoms with Gasteiger partial charge in [0.2, 0.25) is 0 Å². The van der Waals surface area contributed by atoms with E-state index in [1.54, 1.807) is 34.2 Å². The molecule has 1 unspecified atom stereocenters. The molecule has 30 heavy (non-hydrogen) atoms. The topological polar surface area (TPSA) is 107 Å². The SMILES string of the molecule is Cc1nc2cc(NC(=O)c3cc(-c4ccco4)n(C4CCS(=O)(=O)C4)n3)ccc2s1. The molecule has 1 atom stereocenters. The van der Waals surface area contributed by atoms with Crippen LogP contribution in [0.4, 0.5) is 5.69 Å². The van der Waals surface area contributed by atoms with E-state index in [0.717, 1.165) is 15.2 Å². The van der Waals surface area contributed by atoms with Gasteiger partial charge in [0.1, 0.15) is 5.69 Å². The van der Waals surface area contributed by atoms with Gasteiger partial charge in [0, 0.05) is 11.8 Å². The Hall–Kier alpha value is -2.98. The van der Waals surface area contributed by atoms with Gasteiger partial charge in [-0.25, -0.2) is 13.4 Å². The summed E-state index contributed by atoms with van der Waals surface area (Å²) in [6.07, 6.45) is 1.99. The minimum Gasteiger partial charge on any atom is -0.463 e. The van der Waals surface area contributed by atoms with Crippen LogP contribution in [0.15, 0.2) is 47.1 Å². The van der Waals surface area contributed by atoms with Crippen LogP contribution >= 0.6 is 11.3 Å². The number of furan rings is 1. The maximum absolute atomic E-state index is 12.9. The number of hydrogen-bond donors (Lipinski definition) is 1. The summed E-state index contributed by atoms with van der Waals surface area (Å²) in [5.74, 6) is 0.270.